The molecule has 1 saturated heterocycles. The van der Waals surface area contributed by atoms with Gasteiger partial charge in [-0.25, -0.2) is 0 Å². The number of hydrogen-bond donors (Lipinski definition) is 2. The van der Waals surface area contributed by atoms with Gasteiger partial charge in [0.2, 0.25) is 0 Å². The third kappa shape index (κ3) is 3.70. The smallest absolute Gasteiger partial charge is 0.251 e. The molecule has 0 spiro atoms. The first-order valence-corrected chi connectivity index (χ1v) is 6.84. The summed E-state index contributed by atoms with van der Waals surface area (Å²) in [6.07, 6.45) is 2.26. The monoisotopic (exact) mass is 262 g/mol. The first-order chi connectivity index (χ1) is 9.20. The highest BCUT2D eigenvalue weighted by Gasteiger charge is 2.14. The molecule has 1 aliphatic rings. The van der Waals surface area contributed by atoms with Gasteiger partial charge in [0, 0.05) is 12.1 Å². The number of ether oxygens (including phenoxy) is 1. The van der Waals surface area contributed by atoms with Gasteiger partial charge in [0.25, 0.3) is 5.91 Å². The predicted octanol–water partition coefficient (Wildman–Crippen LogP) is 1.73. The summed E-state index contributed by atoms with van der Waals surface area (Å²) in [6.45, 7) is 4.89. The highest BCUT2D eigenvalue weighted by Crippen LogP contribution is 2.19. The summed E-state index contributed by atoms with van der Waals surface area (Å²) >= 11 is 0. The largest absolute Gasteiger partial charge is 0.496 e. The van der Waals surface area contributed by atoms with E-state index in [2.05, 4.69) is 10.6 Å². The lowest BCUT2D eigenvalue weighted by Gasteiger charge is -2.10. The Balaban J connectivity index is 1.85. The Morgan fingerprint density at radius 2 is 2.37 bits per heavy atom. The zero-order valence-electron chi connectivity index (χ0n) is 11.7. The van der Waals surface area contributed by atoms with Crippen LogP contribution in [0.25, 0.3) is 0 Å². The van der Waals surface area contributed by atoms with Gasteiger partial charge in [-0.05, 0) is 56.5 Å². The zero-order valence-corrected chi connectivity index (χ0v) is 11.7. The van der Waals surface area contributed by atoms with Crippen LogP contribution >= 0.6 is 0 Å². The molecule has 2 rings (SSSR count). The molecule has 0 saturated carbocycles. The van der Waals surface area contributed by atoms with E-state index in [-0.39, 0.29) is 5.91 Å². The molecule has 4 nitrogen and oxygen atoms in total. The van der Waals surface area contributed by atoms with Crippen molar-refractivity contribution < 1.29 is 9.53 Å². The number of nitrogens with one attached hydrogen (secondary N) is 2. The maximum atomic E-state index is 12.0. The quantitative estimate of drug-likeness (QED) is 0.849. The number of rotatable bonds is 5. The van der Waals surface area contributed by atoms with E-state index in [0.717, 1.165) is 37.4 Å². The first kappa shape index (κ1) is 13.9. The maximum absolute atomic E-state index is 12.0. The van der Waals surface area contributed by atoms with Crippen molar-refractivity contribution in [3.8, 4) is 5.75 Å². The summed E-state index contributed by atoms with van der Waals surface area (Å²) in [4.78, 5) is 12.0. The lowest BCUT2D eigenvalue weighted by Crippen LogP contribution is -2.26. The molecule has 1 aliphatic heterocycles. The number of carbonyl (C=O) groups is 1. The summed E-state index contributed by atoms with van der Waals surface area (Å²) in [5.74, 6) is 1.43. The van der Waals surface area contributed by atoms with E-state index in [1.54, 1.807) is 13.2 Å². The van der Waals surface area contributed by atoms with Gasteiger partial charge in [0.15, 0.2) is 0 Å². The highest BCUT2D eigenvalue weighted by atomic mass is 16.5. The fraction of sp³-hybridized carbons (Fsp3) is 0.533. The molecule has 2 N–H and O–H groups in total. The van der Waals surface area contributed by atoms with Gasteiger partial charge in [-0.2, -0.15) is 0 Å². The Morgan fingerprint density at radius 1 is 1.53 bits per heavy atom. The second-order valence-corrected chi connectivity index (χ2v) is 5.09. The lowest BCUT2D eigenvalue weighted by atomic mass is 10.1. The van der Waals surface area contributed by atoms with Crippen molar-refractivity contribution in [3.05, 3.63) is 29.3 Å². The lowest BCUT2D eigenvalue weighted by molar-refractivity contribution is 0.0951. The molecule has 0 bridgehead atoms. The molecular formula is C15H22N2O2. The number of amides is 1. The fourth-order valence-electron chi connectivity index (χ4n) is 2.41. The van der Waals surface area contributed by atoms with Crippen LogP contribution in [0.4, 0.5) is 0 Å². The van der Waals surface area contributed by atoms with E-state index >= 15 is 0 Å². The van der Waals surface area contributed by atoms with Gasteiger partial charge in [-0.15, -0.1) is 0 Å². The summed E-state index contributed by atoms with van der Waals surface area (Å²) in [7, 11) is 1.62. The van der Waals surface area contributed by atoms with Crippen LogP contribution in [-0.2, 0) is 0 Å². The maximum Gasteiger partial charge on any atom is 0.251 e. The fourth-order valence-corrected chi connectivity index (χ4v) is 2.41. The van der Waals surface area contributed by atoms with Crippen LogP contribution in [0.2, 0.25) is 0 Å². The first-order valence-electron chi connectivity index (χ1n) is 6.84. The van der Waals surface area contributed by atoms with Gasteiger partial charge < -0.3 is 15.4 Å². The van der Waals surface area contributed by atoms with Crippen molar-refractivity contribution >= 4 is 5.91 Å². The second-order valence-electron chi connectivity index (χ2n) is 5.09. The molecule has 1 aromatic carbocycles. The second kappa shape index (κ2) is 6.57. The Bertz CT molecular complexity index is 440. The number of methoxy groups -OCH3 is 1. The Hall–Kier alpha value is -1.55. The van der Waals surface area contributed by atoms with Crippen LogP contribution in [0.3, 0.4) is 0 Å². The number of benzene rings is 1. The van der Waals surface area contributed by atoms with Crippen LogP contribution in [0, 0.1) is 12.8 Å². The molecule has 1 heterocycles. The number of hydrogen-bond acceptors (Lipinski definition) is 3. The average molecular weight is 262 g/mol. The third-order valence-corrected chi connectivity index (χ3v) is 3.67. The number of carbonyl (C=O) groups excluding carboxylic acids is 1. The SMILES string of the molecule is COc1cc(C(=O)NCCC2CCNC2)ccc1C. The minimum absolute atomic E-state index is 0.0238. The molecule has 104 valence electrons. The minimum Gasteiger partial charge on any atom is -0.496 e. The minimum atomic E-state index is -0.0238. The summed E-state index contributed by atoms with van der Waals surface area (Å²) in [5.41, 5.74) is 1.70. The Labute approximate surface area is 114 Å². The van der Waals surface area contributed by atoms with Crippen molar-refractivity contribution in [1.82, 2.24) is 10.6 Å². The third-order valence-electron chi connectivity index (χ3n) is 3.67. The average Bonchev–Trinajstić information content (AvgIpc) is 2.92. The Morgan fingerprint density at radius 3 is 3.05 bits per heavy atom. The molecule has 4 heteroatoms. The van der Waals surface area contributed by atoms with Crippen molar-refractivity contribution in [2.75, 3.05) is 26.7 Å². The summed E-state index contributed by atoms with van der Waals surface area (Å²) in [5, 5.41) is 6.31. The predicted molar refractivity (Wildman–Crippen MR) is 75.7 cm³/mol. The molecule has 1 fully saturated rings. The van der Waals surface area contributed by atoms with Gasteiger partial charge in [-0.3, -0.25) is 4.79 Å². The molecule has 1 aromatic rings. The highest BCUT2D eigenvalue weighted by molar-refractivity contribution is 5.94. The zero-order chi connectivity index (χ0) is 13.7. The van der Waals surface area contributed by atoms with Gasteiger partial charge in [-0.1, -0.05) is 6.07 Å². The summed E-state index contributed by atoms with van der Waals surface area (Å²) in [6, 6.07) is 5.54. The van der Waals surface area contributed by atoms with E-state index in [9.17, 15) is 4.79 Å². The molecule has 1 unspecified atom stereocenters. The van der Waals surface area contributed by atoms with E-state index < -0.39 is 0 Å². The van der Waals surface area contributed by atoms with E-state index in [0.29, 0.717) is 11.5 Å². The number of aryl methyl sites for hydroxylation is 1. The van der Waals surface area contributed by atoms with Crippen LogP contribution in [0.15, 0.2) is 18.2 Å². The van der Waals surface area contributed by atoms with Crippen LogP contribution in [0.5, 0.6) is 5.75 Å². The Kier molecular flexibility index (Phi) is 4.80. The van der Waals surface area contributed by atoms with Crippen molar-refractivity contribution in [2.24, 2.45) is 5.92 Å². The van der Waals surface area contributed by atoms with Crippen molar-refractivity contribution in [1.29, 1.82) is 0 Å². The van der Waals surface area contributed by atoms with Gasteiger partial charge >= 0.3 is 0 Å². The van der Waals surface area contributed by atoms with Gasteiger partial charge in [0.1, 0.15) is 5.75 Å². The standard InChI is InChI=1S/C15H22N2O2/c1-11-3-4-13(9-14(11)19-2)15(18)17-8-6-12-5-7-16-10-12/h3-4,9,12,16H,5-8,10H2,1-2H3,(H,17,18). The molecule has 0 aromatic heterocycles. The van der Waals surface area contributed by atoms with Gasteiger partial charge in [0.05, 0.1) is 7.11 Å². The molecule has 1 amide bonds. The van der Waals surface area contributed by atoms with Crippen molar-refractivity contribution in [3.63, 3.8) is 0 Å². The van der Waals surface area contributed by atoms with E-state index in [4.69, 9.17) is 4.74 Å². The molecular weight excluding hydrogens is 240 g/mol. The molecule has 0 radical (unpaired) electrons. The molecule has 19 heavy (non-hydrogen) atoms. The van der Waals surface area contributed by atoms with Crippen molar-refractivity contribution in [2.45, 2.75) is 19.8 Å². The molecule has 1 atom stereocenters. The van der Waals surface area contributed by atoms with Crippen LogP contribution in [-0.4, -0.2) is 32.7 Å². The van der Waals surface area contributed by atoms with E-state index in [1.165, 1.54) is 6.42 Å². The van der Waals surface area contributed by atoms with E-state index in [1.807, 2.05) is 19.1 Å². The van der Waals surface area contributed by atoms with Crippen LogP contribution in [0.1, 0.15) is 28.8 Å². The normalized spacial score (nSPS) is 18.3. The molecule has 0 aliphatic carbocycles. The summed E-state index contributed by atoms with van der Waals surface area (Å²) < 4.78 is 5.23. The van der Waals surface area contributed by atoms with Crippen LogP contribution < -0.4 is 15.4 Å². The topological polar surface area (TPSA) is 50.4 Å².